The van der Waals surface area contributed by atoms with Crippen molar-refractivity contribution in [1.82, 2.24) is 10.2 Å². The van der Waals surface area contributed by atoms with Crippen LogP contribution in [0.5, 0.6) is 11.5 Å². The summed E-state index contributed by atoms with van der Waals surface area (Å²) in [5.74, 6) is 0.774. The molecule has 0 aliphatic carbocycles. The van der Waals surface area contributed by atoms with Gasteiger partial charge in [0.15, 0.2) is 11.5 Å². The summed E-state index contributed by atoms with van der Waals surface area (Å²) < 4.78 is 11.2. The van der Waals surface area contributed by atoms with Gasteiger partial charge in [0.25, 0.3) is 11.8 Å². The molecular weight excluding hydrogens is 396 g/mol. The summed E-state index contributed by atoms with van der Waals surface area (Å²) >= 11 is 0. The highest BCUT2D eigenvalue weighted by molar-refractivity contribution is 6.21. The molecule has 7 nitrogen and oxygen atoms in total. The maximum atomic E-state index is 12.4. The molecule has 0 radical (unpaired) electrons. The van der Waals surface area contributed by atoms with Crippen LogP contribution in [0.2, 0.25) is 0 Å². The second kappa shape index (κ2) is 8.41. The van der Waals surface area contributed by atoms with Gasteiger partial charge < -0.3 is 14.8 Å². The fraction of sp³-hybridized carbons (Fsp3) is 0.375. The number of carbonyl (C=O) groups is 3. The van der Waals surface area contributed by atoms with E-state index < -0.39 is 0 Å². The lowest BCUT2D eigenvalue weighted by Crippen LogP contribution is -2.37. The van der Waals surface area contributed by atoms with Crippen LogP contribution >= 0.6 is 0 Å². The van der Waals surface area contributed by atoms with Crippen molar-refractivity contribution in [2.24, 2.45) is 0 Å². The van der Waals surface area contributed by atoms with E-state index in [1.54, 1.807) is 24.3 Å². The first kappa shape index (κ1) is 20.9. The van der Waals surface area contributed by atoms with E-state index in [9.17, 15) is 14.4 Å². The van der Waals surface area contributed by atoms with Gasteiger partial charge in [-0.3, -0.25) is 19.3 Å². The number of fused-ring (bicyclic) bond motifs is 2. The Bertz CT molecular complexity index is 995. The molecule has 31 heavy (non-hydrogen) atoms. The highest BCUT2D eigenvalue weighted by atomic mass is 16.6. The van der Waals surface area contributed by atoms with Crippen molar-refractivity contribution in [1.29, 1.82) is 0 Å². The number of amides is 3. The summed E-state index contributed by atoms with van der Waals surface area (Å²) in [5, 5.41) is 2.97. The summed E-state index contributed by atoms with van der Waals surface area (Å²) in [6, 6.07) is 12.6. The summed E-state index contributed by atoms with van der Waals surface area (Å²) in [6.07, 6.45) is 0.659. The number of imide groups is 1. The first-order valence-corrected chi connectivity index (χ1v) is 10.5. The van der Waals surface area contributed by atoms with Crippen molar-refractivity contribution in [3.05, 3.63) is 59.2 Å². The molecule has 162 valence electrons. The lowest BCUT2D eigenvalue weighted by atomic mass is 9.84. The zero-order valence-electron chi connectivity index (χ0n) is 17.8. The van der Waals surface area contributed by atoms with Crippen LogP contribution < -0.4 is 14.8 Å². The molecule has 0 spiro atoms. The van der Waals surface area contributed by atoms with Crippen LogP contribution in [0, 0.1) is 0 Å². The lowest BCUT2D eigenvalue weighted by molar-refractivity contribution is -0.121. The summed E-state index contributed by atoms with van der Waals surface area (Å²) in [7, 11) is 0. The van der Waals surface area contributed by atoms with Gasteiger partial charge in [0.1, 0.15) is 13.2 Å². The largest absolute Gasteiger partial charge is 0.486 e. The van der Waals surface area contributed by atoms with E-state index in [4.69, 9.17) is 9.47 Å². The van der Waals surface area contributed by atoms with Gasteiger partial charge >= 0.3 is 0 Å². The van der Waals surface area contributed by atoms with Gasteiger partial charge in [0, 0.05) is 24.9 Å². The van der Waals surface area contributed by atoms with E-state index in [0.29, 0.717) is 37.3 Å². The van der Waals surface area contributed by atoms with E-state index >= 15 is 0 Å². The number of hydrogen-bond acceptors (Lipinski definition) is 5. The summed E-state index contributed by atoms with van der Waals surface area (Å²) in [6.45, 7) is 5.87. The quantitative estimate of drug-likeness (QED) is 0.694. The molecule has 2 aromatic carbocycles. The molecule has 0 unspecified atom stereocenters. The standard InChI is InChI=1S/C24H26N2O5/c1-24(2,16-9-10-19-20(14-16)31-13-12-30-19)15-25-21(27)8-5-11-26-22(28)17-6-3-4-7-18(17)23(26)29/h3-4,6-7,9-10,14H,5,8,11-13,15H2,1-2H3,(H,25,27). The molecule has 7 heteroatoms. The summed E-state index contributed by atoms with van der Waals surface area (Å²) in [4.78, 5) is 38.4. The molecule has 0 saturated heterocycles. The first-order valence-electron chi connectivity index (χ1n) is 10.5. The van der Waals surface area contributed by atoms with Crippen molar-refractivity contribution in [3.63, 3.8) is 0 Å². The normalized spacial score (nSPS) is 15.1. The Balaban J connectivity index is 1.27. The molecule has 2 aliphatic heterocycles. The van der Waals surface area contributed by atoms with E-state index in [2.05, 4.69) is 19.2 Å². The Labute approximate surface area is 181 Å². The molecule has 2 heterocycles. The number of hydrogen-bond donors (Lipinski definition) is 1. The van der Waals surface area contributed by atoms with Crippen LogP contribution in [-0.2, 0) is 10.2 Å². The minimum absolute atomic E-state index is 0.109. The SMILES string of the molecule is CC(C)(CNC(=O)CCCN1C(=O)c2ccccc2C1=O)c1ccc2c(c1)OCCO2. The molecule has 0 bridgehead atoms. The van der Waals surface area contributed by atoms with E-state index in [1.165, 1.54) is 4.90 Å². The number of rotatable bonds is 7. The molecule has 1 N–H and O–H groups in total. The molecule has 2 aromatic rings. The fourth-order valence-electron chi connectivity index (χ4n) is 3.81. The Morgan fingerprint density at radius 2 is 1.65 bits per heavy atom. The van der Waals surface area contributed by atoms with Crippen LogP contribution in [-0.4, -0.2) is 48.9 Å². The topological polar surface area (TPSA) is 84.9 Å². The van der Waals surface area contributed by atoms with Gasteiger partial charge in [-0.05, 0) is 36.2 Å². The maximum absolute atomic E-state index is 12.4. The van der Waals surface area contributed by atoms with E-state index in [0.717, 1.165) is 17.1 Å². The molecular formula is C24H26N2O5. The summed E-state index contributed by atoms with van der Waals surface area (Å²) in [5.41, 5.74) is 1.60. The van der Waals surface area contributed by atoms with E-state index in [1.807, 2.05) is 18.2 Å². The second-order valence-electron chi connectivity index (χ2n) is 8.43. The zero-order valence-corrected chi connectivity index (χ0v) is 17.8. The number of benzene rings is 2. The number of carbonyl (C=O) groups excluding carboxylic acids is 3. The van der Waals surface area contributed by atoms with Gasteiger partial charge in [-0.25, -0.2) is 0 Å². The van der Waals surface area contributed by atoms with Crippen LogP contribution in [0.4, 0.5) is 0 Å². The Kier molecular flexibility index (Phi) is 5.67. The van der Waals surface area contributed by atoms with Gasteiger partial charge in [-0.15, -0.1) is 0 Å². The molecule has 4 rings (SSSR count). The van der Waals surface area contributed by atoms with Crippen molar-refractivity contribution in [2.45, 2.75) is 32.1 Å². The molecule has 3 amide bonds. The van der Waals surface area contributed by atoms with Crippen molar-refractivity contribution >= 4 is 17.7 Å². The van der Waals surface area contributed by atoms with Crippen LogP contribution in [0.25, 0.3) is 0 Å². The van der Waals surface area contributed by atoms with E-state index in [-0.39, 0.29) is 36.1 Å². The van der Waals surface area contributed by atoms with Crippen molar-refractivity contribution in [2.75, 3.05) is 26.3 Å². The molecule has 0 aromatic heterocycles. The minimum Gasteiger partial charge on any atom is -0.486 e. The predicted octanol–water partition coefficient (Wildman–Crippen LogP) is 2.93. The minimum atomic E-state index is -0.298. The molecule has 0 fully saturated rings. The molecule has 0 saturated carbocycles. The molecule has 0 atom stereocenters. The van der Waals surface area contributed by atoms with Gasteiger partial charge in [0.2, 0.25) is 5.91 Å². The maximum Gasteiger partial charge on any atom is 0.261 e. The zero-order chi connectivity index (χ0) is 22.0. The van der Waals surface area contributed by atoms with Crippen molar-refractivity contribution in [3.8, 4) is 11.5 Å². The highest BCUT2D eigenvalue weighted by Crippen LogP contribution is 2.35. The van der Waals surface area contributed by atoms with Gasteiger partial charge in [-0.1, -0.05) is 32.0 Å². The average Bonchev–Trinajstić information content (AvgIpc) is 3.02. The second-order valence-corrected chi connectivity index (χ2v) is 8.43. The predicted molar refractivity (Wildman–Crippen MR) is 115 cm³/mol. The third-order valence-corrected chi connectivity index (χ3v) is 5.71. The number of ether oxygens (including phenoxy) is 2. The smallest absolute Gasteiger partial charge is 0.261 e. The highest BCUT2D eigenvalue weighted by Gasteiger charge is 2.34. The van der Waals surface area contributed by atoms with Crippen LogP contribution in [0.1, 0.15) is 53.0 Å². The van der Waals surface area contributed by atoms with Gasteiger partial charge in [-0.2, -0.15) is 0 Å². The lowest BCUT2D eigenvalue weighted by Gasteiger charge is -2.28. The first-order chi connectivity index (χ1) is 14.9. The average molecular weight is 422 g/mol. The molecule has 2 aliphatic rings. The fourth-order valence-corrected chi connectivity index (χ4v) is 3.81. The third-order valence-electron chi connectivity index (χ3n) is 5.71. The van der Waals surface area contributed by atoms with Crippen LogP contribution in [0.15, 0.2) is 42.5 Å². The third kappa shape index (κ3) is 4.26. The van der Waals surface area contributed by atoms with Crippen LogP contribution in [0.3, 0.4) is 0 Å². The van der Waals surface area contributed by atoms with Crippen molar-refractivity contribution < 1.29 is 23.9 Å². The number of nitrogens with one attached hydrogen (secondary N) is 1. The van der Waals surface area contributed by atoms with Gasteiger partial charge in [0.05, 0.1) is 11.1 Å². The Hall–Kier alpha value is -3.35. The number of nitrogens with zero attached hydrogens (tertiary/aromatic N) is 1. The Morgan fingerprint density at radius 1 is 1.00 bits per heavy atom. The monoisotopic (exact) mass is 422 g/mol. The Morgan fingerprint density at radius 3 is 2.32 bits per heavy atom.